The highest BCUT2D eigenvalue weighted by molar-refractivity contribution is 7.92. The number of para-hydroxylation sites is 1. The second-order valence-corrected chi connectivity index (χ2v) is 7.99. The summed E-state index contributed by atoms with van der Waals surface area (Å²) in [5.41, 5.74) is 1.94. The van der Waals surface area contributed by atoms with Gasteiger partial charge in [0.15, 0.2) is 0 Å². The first-order valence-corrected chi connectivity index (χ1v) is 10.1. The average Bonchev–Trinajstić information content (AvgIpc) is 2.56. The smallest absolute Gasteiger partial charge is 0.247 e. The first-order valence-electron chi connectivity index (χ1n) is 7.83. The highest BCUT2D eigenvalue weighted by atomic mass is 35.5. The van der Waals surface area contributed by atoms with E-state index in [1.54, 1.807) is 23.1 Å². The third-order valence-corrected chi connectivity index (χ3v) is 5.36. The molecule has 0 N–H and O–H groups in total. The lowest BCUT2D eigenvalue weighted by Gasteiger charge is -2.27. The summed E-state index contributed by atoms with van der Waals surface area (Å²) in [5.74, 6) is -0.309. The van der Waals surface area contributed by atoms with Crippen molar-refractivity contribution in [2.24, 2.45) is 0 Å². The molecule has 0 radical (unpaired) electrons. The fraction of sp³-hybridized carbons (Fsp3) is 0.278. The van der Waals surface area contributed by atoms with E-state index in [1.807, 2.05) is 44.2 Å². The van der Waals surface area contributed by atoms with Crippen molar-refractivity contribution in [2.45, 2.75) is 13.8 Å². The topological polar surface area (TPSA) is 57.7 Å². The largest absolute Gasteiger partial charge is 0.311 e. The molecule has 0 fully saturated rings. The van der Waals surface area contributed by atoms with Gasteiger partial charge in [-0.25, -0.2) is 8.42 Å². The number of hydrogen-bond donors (Lipinski definition) is 0. The van der Waals surface area contributed by atoms with Gasteiger partial charge in [-0.1, -0.05) is 35.9 Å². The van der Waals surface area contributed by atoms with Crippen LogP contribution in [0.15, 0.2) is 48.5 Å². The molecule has 0 aliphatic rings. The molecule has 0 unspecified atom stereocenters. The second-order valence-electron chi connectivity index (χ2n) is 5.68. The Bertz CT molecular complexity index is 854. The van der Waals surface area contributed by atoms with Gasteiger partial charge in [0.1, 0.15) is 6.54 Å². The third-order valence-electron chi connectivity index (χ3n) is 3.81. The van der Waals surface area contributed by atoms with Crippen LogP contribution in [0.1, 0.15) is 12.5 Å². The number of carbonyl (C=O) groups excluding carboxylic acids is 1. The summed E-state index contributed by atoms with van der Waals surface area (Å²) in [7, 11) is -3.64. The molecule has 0 spiro atoms. The zero-order valence-electron chi connectivity index (χ0n) is 14.4. The number of likely N-dealkylation sites (N-methyl/N-ethyl adjacent to an activating group) is 1. The Labute approximate surface area is 153 Å². The van der Waals surface area contributed by atoms with Gasteiger partial charge in [-0.2, -0.15) is 0 Å². The minimum absolute atomic E-state index is 0.291. The fourth-order valence-electron chi connectivity index (χ4n) is 2.46. The van der Waals surface area contributed by atoms with Crippen molar-refractivity contribution >= 4 is 38.9 Å². The van der Waals surface area contributed by atoms with Gasteiger partial charge in [0.25, 0.3) is 0 Å². The summed E-state index contributed by atoms with van der Waals surface area (Å²) in [6.07, 6.45) is 1.08. The maximum absolute atomic E-state index is 12.7. The number of rotatable bonds is 6. The van der Waals surface area contributed by atoms with Crippen LogP contribution in [0.25, 0.3) is 0 Å². The molecule has 0 aliphatic heterocycles. The van der Waals surface area contributed by atoms with Gasteiger partial charge in [-0.05, 0) is 43.7 Å². The number of anilines is 2. The summed E-state index contributed by atoms with van der Waals surface area (Å²) < 4.78 is 25.5. The molecule has 25 heavy (non-hydrogen) atoms. The molecule has 0 bridgehead atoms. The van der Waals surface area contributed by atoms with Crippen LogP contribution in [-0.2, 0) is 14.8 Å². The predicted octanol–water partition coefficient (Wildman–Crippen LogP) is 3.47. The number of halogens is 1. The first-order chi connectivity index (χ1) is 11.7. The molecule has 2 aromatic rings. The Morgan fingerprint density at radius 2 is 1.72 bits per heavy atom. The number of aryl methyl sites for hydroxylation is 1. The van der Waals surface area contributed by atoms with Crippen LogP contribution in [0, 0.1) is 6.92 Å². The Morgan fingerprint density at radius 3 is 2.24 bits per heavy atom. The highest BCUT2D eigenvalue weighted by Gasteiger charge is 2.24. The number of amides is 1. The van der Waals surface area contributed by atoms with E-state index in [9.17, 15) is 13.2 Å². The molecule has 5 nitrogen and oxygen atoms in total. The lowest BCUT2D eigenvalue weighted by Crippen LogP contribution is -2.42. The van der Waals surface area contributed by atoms with Gasteiger partial charge >= 0.3 is 0 Å². The number of hydrogen-bond acceptors (Lipinski definition) is 3. The molecule has 0 aromatic heterocycles. The Hall–Kier alpha value is -2.05. The molecule has 2 rings (SSSR count). The molecule has 1 amide bonds. The molecular weight excluding hydrogens is 360 g/mol. The van der Waals surface area contributed by atoms with Crippen LogP contribution in [0.2, 0.25) is 5.02 Å². The summed E-state index contributed by atoms with van der Waals surface area (Å²) in [6.45, 7) is 3.82. The molecule has 2 aromatic carbocycles. The van der Waals surface area contributed by atoms with Crippen LogP contribution < -0.4 is 9.21 Å². The van der Waals surface area contributed by atoms with Gasteiger partial charge in [0, 0.05) is 17.3 Å². The summed E-state index contributed by atoms with van der Waals surface area (Å²) in [5, 5.41) is 0.453. The predicted molar refractivity (Wildman–Crippen MR) is 103 cm³/mol. The summed E-state index contributed by atoms with van der Waals surface area (Å²) >= 11 is 6.11. The van der Waals surface area contributed by atoms with Crippen molar-refractivity contribution in [1.29, 1.82) is 0 Å². The first kappa shape index (κ1) is 19.3. The molecular formula is C18H21ClN2O3S. The zero-order chi connectivity index (χ0) is 18.6. The number of benzene rings is 2. The van der Waals surface area contributed by atoms with E-state index < -0.39 is 10.0 Å². The van der Waals surface area contributed by atoms with Crippen LogP contribution in [0.3, 0.4) is 0 Å². The van der Waals surface area contributed by atoms with E-state index in [4.69, 9.17) is 11.6 Å². The summed E-state index contributed by atoms with van der Waals surface area (Å²) in [4.78, 5) is 14.3. The van der Waals surface area contributed by atoms with Crippen molar-refractivity contribution in [3.8, 4) is 0 Å². The Balaban J connectivity index is 2.34. The SMILES string of the molecule is CCN(C(=O)CN(c1ccc(C)c(Cl)c1)S(C)(=O)=O)c1ccccc1. The maximum Gasteiger partial charge on any atom is 0.247 e. The third kappa shape index (κ3) is 4.74. The molecule has 134 valence electrons. The lowest BCUT2D eigenvalue weighted by atomic mass is 10.2. The van der Waals surface area contributed by atoms with Crippen LogP contribution in [0.5, 0.6) is 0 Å². The maximum atomic E-state index is 12.7. The second kappa shape index (κ2) is 7.89. The Kier molecular flexibility index (Phi) is 6.08. The Morgan fingerprint density at radius 1 is 1.08 bits per heavy atom. The van der Waals surface area contributed by atoms with E-state index >= 15 is 0 Å². The molecule has 0 aliphatic carbocycles. The van der Waals surface area contributed by atoms with E-state index in [0.717, 1.165) is 21.8 Å². The van der Waals surface area contributed by atoms with Crippen LogP contribution >= 0.6 is 11.6 Å². The van der Waals surface area contributed by atoms with Crippen molar-refractivity contribution < 1.29 is 13.2 Å². The quantitative estimate of drug-likeness (QED) is 0.771. The molecule has 0 saturated heterocycles. The van der Waals surface area contributed by atoms with Crippen LogP contribution in [0.4, 0.5) is 11.4 Å². The number of carbonyl (C=O) groups is 1. The summed E-state index contributed by atoms with van der Waals surface area (Å²) in [6, 6.07) is 14.1. The highest BCUT2D eigenvalue weighted by Crippen LogP contribution is 2.25. The minimum Gasteiger partial charge on any atom is -0.311 e. The molecule has 0 atom stereocenters. The van der Waals surface area contributed by atoms with Gasteiger partial charge in [-0.3, -0.25) is 9.10 Å². The standard InChI is InChI=1S/C18H21ClN2O3S/c1-4-20(15-8-6-5-7-9-15)18(22)13-21(25(3,23)24)16-11-10-14(2)17(19)12-16/h5-12H,4,13H2,1-3H3. The van der Waals surface area contributed by atoms with Crippen LogP contribution in [-0.4, -0.2) is 33.7 Å². The van der Waals surface area contributed by atoms with Crippen molar-refractivity contribution in [1.82, 2.24) is 0 Å². The monoisotopic (exact) mass is 380 g/mol. The number of sulfonamides is 1. The van der Waals surface area contributed by atoms with Gasteiger partial charge in [0.2, 0.25) is 15.9 Å². The number of nitrogens with zero attached hydrogens (tertiary/aromatic N) is 2. The van der Waals surface area contributed by atoms with E-state index in [1.165, 1.54) is 0 Å². The van der Waals surface area contributed by atoms with E-state index in [0.29, 0.717) is 17.3 Å². The normalized spacial score (nSPS) is 11.2. The lowest BCUT2D eigenvalue weighted by molar-refractivity contribution is -0.117. The van der Waals surface area contributed by atoms with Crippen molar-refractivity contribution in [2.75, 3.05) is 28.6 Å². The average molecular weight is 381 g/mol. The van der Waals surface area contributed by atoms with Crippen molar-refractivity contribution in [3.05, 3.63) is 59.1 Å². The molecule has 0 saturated carbocycles. The van der Waals surface area contributed by atoms with Crippen molar-refractivity contribution in [3.63, 3.8) is 0 Å². The molecule has 7 heteroatoms. The van der Waals surface area contributed by atoms with E-state index in [2.05, 4.69) is 0 Å². The minimum atomic E-state index is -3.64. The van der Waals surface area contributed by atoms with E-state index in [-0.39, 0.29) is 12.5 Å². The van der Waals surface area contributed by atoms with Gasteiger partial charge in [-0.15, -0.1) is 0 Å². The van der Waals surface area contributed by atoms with Gasteiger partial charge < -0.3 is 4.90 Å². The fourth-order valence-corrected chi connectivity index (χ4v) is 3.47. The zero-order valence-corrected chi connectivity index (χ0v) is 16.0. The van der Waals surface area contributed by atoms with Gasteiger partial charge in [0.05, 0.1) is 11.9 Å². The molecule has 0 heterocycles.